The fourth-order valence-corrected chi connectivity index (χ4v) is 0.227. The summed E-state index contributed by atoms with van der Waals surface area (Å²) in [4.78, 5) is 0. The number of aliphatic hydroxyl groups is 1. The standard InChI is InChI=1S/C3H7F3N2O.ClH/c4-3(5,6)2(9)1-8-7;/h2,8-9H,1,7H2;1H/t2-;/m1./s1. The summed E-state index contributed by atoms with van der Waals surface area (Å²) in [5, 5.41) is 8.12. The van der Waals surface area contributed by atoms with Crippen LogP contribution in [-0.4, -0.2) is 23.9 Å². The molecule has 3 nitrogen and oxygen atoms in total. The fraction of sp³-hybridized carbons (Fsp3) is 1.00. The average Bonchev–Trinajstić information content (AvgIpc) is 1.64. The highest BCUT2D eigenvalue weighted by Gasteiger charge is 2.37. The van der Waals surface area contributed by atoms with Crippen LogP contribution in [0.3, 0.4) is 0 Å². The number of hydrazine groups is 1. The van der Waals surface area contributed by atoms with Gasteiger partial charge in [-0.2, -0.15) is 13.2 Å². The fourth-order valence-electron chi connectivity index (χ4n) is 0.227. The lowest BCUT2D eigenvalue weighted by molar-refractivity contribution is -0.201. The molecule has 0 saturated heterocycles. The van der Waals surface area contributed by atoms with E-state index < -0.39 is 18.8 Å². The minimum absolute atomic E-state index is 0. The van der Waals surface area contributed by atoms with Gasteiger partial charge in [-0.1, -0.05) is 0 Å². The molecule has 0 aliphatic heterocycles. The molecule has 0 amide bonds. The van der Waals surface area contributed by atoms with Crippen molar-refractivity contribution in [3.05, 3.63) is 0 Å². The zero-order chi connectivity index (χ0) is 7.49. The third-order valence-electron chi connectivity index (χ3n) is 0.689. The summed E-state index contributed by atoms with van der Waals surface area (Å²) < 4.78 is 33.9. The number of nitrogens with two attached hydrogens (primary N) is 1. The number of hydrogen-bond acceptors (Lipinski definition) is 3. The first-order chi connectivity index (χ1) is 3.98. The summed E-state index contributed by atoms with van der Waals surface area (Å²) >= 11 is 0. The second-order valence-corrected chi connectivity index (χ2v) is 1.47. The van der Waals surface area contributed by atoms with E-state index in [9.17, 15) is 13.2 Å². The van der Waals surface area contributed by atoms with Crippen molar-refractivity contribution in [2.45, 2.75) is 12.3 Å². The molecule has 7 heteroatoms. The predicted octanol–water partition coefficient (Wildman–Crippen LogP) is -0.205. The van der Waals surface area contributed by atoms with Crippen LogP contribution in [0.15, 0.2) is 0 Å². The van der Waals surface area contributed by atoms with Gasteiger partial charge >= 0.3 is 6.18 Å². The van der Waals surface area contributed by atoms with E-state index >= 15 is 0 Å². The van der Waals surface area contributed by atoms with Gasteiger partial charge < -0.3 is 5.11 Å². The van der Waals surface area contributed by atoms with Crippen LogP contribution in [0, 0.1) is 0 Å². The van der Waals surface area contributed by atoms with Crippen LogP contribution in [0.25, 0.3) is 0 Å². The molecule has 0 aromatic carbocycles. The number of nitrogens with one attached hydrogen (secondary N) is 1. The van der Waals surface area contributed by atoms with Gasteiger partial charge in [0.05, 0.1) is 0 Å². The molecule has 0 aromatic heterocycles. The highest BCUT2D eigenvalue weighted by Crippen LogP contribution is 2.18. The first-order valence-corrected chi connectivity index (χ1v) is 2.16. The Labute approximate surface area is 61.8 Å². The third-order valence-corrected chi connectivity index (χ3v) is 0.689. The van der Waals surface area contributed by atoms with E-state index in [2.05, 4.69) is 5.84 Å². The lowest BCUT2D eigenvalue weighted by Crippen LogP contribution is -2.40. The van der Waals surface area contributed by atoms with Crippen molar-refractivity contribution in [2.24, 2.45) is 5.84 Å². The van der Waals surface area contributed by atoms with E-state index in [4.69, 9.17) is 5.11 Å². The second-order valence-electron chi connectivity index (χ2n) is 1.47. The molecule has 0 fully saturated rings. The minimum Gasteiger partial charge on any atom is -0.382 e. The molecule has 0 spiro atoms. The Balaban J connectivity index is 0. The topological polar surface area (TPSA) is 58.3 Å². The highest BCUT2D eigenvalue weighted by atomic mass is 35.5. The van der Waals surface area contributed by atoms with Gasteiger partial charge in [0, 0.05) is 6.54 Å². The van der Waals surface area contributed by atoms with Gasteiger partial charge in [0.15, 0.2) is 6.10 Å². The molecule has 0 bridgehead atoms. The van der Waals surface area contributed by atoms with Gasteiger partial charge in [-0.3, -0.25) is 11.3 Å². The molecule has 4 N–H and O–H groups in total. The highest BCUT2D eigenvalue weighted by molar-refractivity contribution is 5.85. The molecule has 0 aliphatic rings. The SMILES string of the molecule is Cl.NNC[C@@H](O)C(F)(F)F. The summed E-state index contributed by atoms with van der Waals surface area (Å²) in [5.74, 6) is 4.52. The molecule has 10 heavy (non-hydrogen) atoms. The molecule has 0 heterocycles. The van der Waals surface area contributed by atoms with Gasteiger partial charge in [0.1, 0.15) is 0 Å². The molecule has 0 saturated carbocycles. The smallest absolute Gasteiger partial charge is 0.382 e. The molecular weight excluding hydrogens is 172 g/mol. The molecule has 64 valence electrons. The van der Waals surface area contributed by atoms with Crippen LogP contribution >= 0.6 is 12.4 Å². The van der Waals surface area contributed by atoms with Crippen LogP contribution in [0.1, 0.15) is 0 Å². The molecule has 1 atom stereocenters. The normalized spacial score (nSPS) is 14.1. The summed E-state index contributed by atoms with van der Waals surface area (Å²) in [6.07, 6.45) is -6.95. The quantitative estimate of drug-likeness (QED) is 0.407. The number of alkyl halides is 3. The first-order valence-electron chi connectivity index (χ1n) is 2.16. The summed E-state index contributed by atoms with van der Waals surface area (Å²) in [6, 6.07) is 0. The van der Waals surface area contributed by atoms with Crippen molar-refractivity contribution in [1.82, 2.24) is 5.43 Å². The average molecular weight is 181 g/mol. The molecule has 0 radical (unpaired) electrons. The van der Waals surface area contributed by atoms with Crippen molar-refractivity contribution < 1.29 is 18.3 Å². The number of rotatable bonds is 2. The molecule has 0 unspecified atom stereocenters. The zero-order valence-electron chi connectivity index (χ0n) is 4.85. The number of halogens is 4. The van der Waals surface area contributed by atoms with E-state index in [-0.39, 0.29) is 12.4 Å². The molecule has 0 rings (SSSR count). The van der Waals surface area contributed by atoms with Crippen LogP contribution < -0.4 is 11.3 Å². The zero-order valence-corrected chi connectivity index (χ0v) is 5.67. The Morgan fingerprint density at radius 2 is 1.90 bits per heavy atom. The Bertz CT molecular complexity index is 88.3. The van der Waals surface area contributed by atoms with Crippen LogP contribution in [0.4, 0.5) is 13.2 Å². The predicted molar refractivity (Wildman–Crippen MR) is 31.5 cm³/mol. The molecule has 0 aromatic rings. The van der Waals surface area contributed by atoms with Crippen molar-refractivity contribution >= 4 is 12.4 Å². The third kappa shape index (κ3) is 4.80. The Morgan fingerprint density at radius 1 is 1.50 bits per heavy atom. The van der Waals surface area contributed by atoms with E-state index in [1.807, 2.05) is 0 Å². The molecule has 0 aliphatic carbocycles. The summed E-state index contributed by atoms with van der Waals surface area (Å²) in [6.45, 7) is -0.677. The lowest BCUT2D eigenvalue weighted by atomic mass is 10.3. The Kier molecular flexibility index (Phi) is 5.96. The van der Waals surface area contributed by atoms with E-state index in [1.54, 1.807) is 5.43 Å². The molecular formula is C3H8ClF3N2O. The van der Waals surface area contributed by atoms with Crippen molar-refractivity contribution in [2.75, 3.05) is 6.54 Å². The van der Waals surface area contributed by atoms with E-state index in [0.717, 1.165) is 0 Å². The maximum atomic E-state index is 11.3. The van der Waals surface area contributed by atoms with Gasteiger partial charge in [-0.05, 0) is 0 Å². The van der Waals surface area contributed by atoms with Crippen LogP contribution in [0.5, 0.6) is 0 Å². The van der Waals surface area contributed by atoms with E-state index in [0.29, 0.717) is 0 Å². The largest absolute Gasteiger partial charge is 0.415 e. The van der Waals surface area contributed by atoms with E-state index in [1.165, 1.54) is 0 Å². The summed E-state index contributed by atoms with van der Waals surface area (Å²) in [7, 11) is 0. The minimum atomic E-state index is -4.58. The van der Waals surface area contributed by atoms with Crippen LogP contribution in [0.2, 0.25) is 0 Å². The first kappa shape index (κ1) is 12.6. The summed E-state index contributed by atoms with van der Waals surface area (Å²) in [5.41, 5.74) is 1.70. The second kappa shape index (κ2) is 4.73. The Hall–Kier alpha value is -0.0400. The van der Waals surface area contributed by atoms with Crippen molar-refractivity contribution in [3.8, 4) is 0 Å². The Morgan fingerprint density at radius 3 is 2.00 bits per heavy atom. The van der Waals surface area contributed by atoms with Crippen LogP contribution in [-0.2, 0) is 0 Å². The van der Waals surface area contributed by atoms with Crippen molar-refractivity contribution in [1.29, 1.82) is 0 Å². The van der Waals surface area contributed by atoms with Gasteiger partial charge in [-0.15, -0.1) is 12.4 Å². The number of aliphatic hydroxyl groups excluding tert-OH is 1. The van der Waals surface area contributed by atoms with Gasteiger partial charge in [0.25, 0.3) is 0 Å². The number of hydrogen-bond donors (Lipinski definition) is 3. The lowest BCUT2D eigenvalue weighted by Gasteiger charge is -2.12. The monoisotopic (exact) mass is 180 g/mol. The van der Waals surface area contributed by atoms with Crippen molar-refractivity contribution in [3.63, 3.8) is 0 Å². The maximum Gasteiger partial charge on any atom is 0.415 e. The van der Waals surface area contributed by atoms with Gasteiger partial charge in [0.2, 0.25) is 0 Å². The maximum absolute atomic E-state index is 11.3. The van der Waals surface area contributed by atoms with Gasteiger partial charge in [-0.25, -0.2) is 0 Å².